The average Bonchev–Trinajstić information content (AvgIpc) is 3.95. The summed E-state index contributed by atoms with van der Waals surface area (Å²) in [5.41, 5.74) is 8.65. The fraction of sp³-hybridized carbons (Fsp3) is 0.0400. The van der Waals surface area contributed by atoms with E-state index in [0.717, 1.165) is 61.9 Å². The number of rotatable bonds is 10. The molecule has 57 heavy (non-hydrogen) atoms. The maximum absolute atomic E-state index is 11.5. The first-order chi connectivity index (χ1) is 28.0. The zero-order chi connectivity index (χ0) is 38.7. The lowest BCUT2D eigenvalue weighted by atomic mass is 10.0. The summed E-state index contributed by atoms with van der Waals surface area (Å²) in [6.45, 7) is 0. The van der Waals surface area contributed by atoms with Gasteiger partial charge in [0.15, 0.2) is 0 Å². The maximum Gasteiger partial charge on any atom is 0.346 e. The van der Waals surface area contributed by atoms with Gasteiger partial charge in [-0.2, -0.15) is 5.26 Å². The summed E-state index contributed by atoms with van der Waals surface area (Å²) in [6, 6.07) is 63.6. The van der Waals surface area contributed by atoms with E-state index in [0.29, 0.717) is 5.69 Å². The van der Waals surface area contributed by atoms with Gasteiger partial charge in [0, 0.05) is 49.4 Å². The Kier molecular flexibility index (Phi) is 9.61. The van der Waals surface area contributed by atoms with E-state index in [1.54, 1.807) is 17.8 Å². The van der Waals surface area contributed by atoms with Crippen LogP contribution >= 0.6 is 11.8 Å². The van der Waals surface area contributed by atoms with Crippen LogP contribution in [0.3, 0.4) is 0 Å². The molecule has 0 amide bonds. The van der Waals surface area contributed by atoms with Crippen molar-refractivity contribution in [2.24, 2.45) is 0 Å². The lowest BCUT2D eigenvalue weighted by Crippen LogP contribution is -2.14. The minimum Gasteiger partial charge on any atom is -0.477 e. The number of carboxylic acid groups (broad SMARTS) is 1. The molecule has 8 aromatic rings. The molecule has 9 rings (SSSR count). The number of nitrogens with zero attached hydrogens (tertiary/aromatic N) is 3. The number of fused-ring (bicyclic) bond motifs is 2. The predicted octanol–water partition coefficient (Wildman–Crippen LogP) is 13.5. The first kappa shape index (κ1) is 35.4. The number of nitrogens with one attached hydrogen (secondary N) is 1. The number of allylic oxidation sites excluding steroid dienone is 1. The fourth-order valence-corrected chi connectivity index (χ4v) is 8.87. The number of aliphatic carboxylic acids is 1. The van der Waals surface area contributed by atoms with E-state index in [1.807, 2.05) is 12.1 Å². The van der Waals surface area contributed by atoms with Crippen LogP contribution in [0.4, 0.5) is 34.1 Å². The number of para-hydroxylation sites is 2. The molecule has 0 fully saturated rings. The van der Waals surface area contributed by atoms with Gasteiger partial charge in [-0.15, -0.1) is 11.8 Å². The van der Waals surface area contributed by atoms with Crippen molar-refractivity contribution >= 4 is 84.4 Å². The molecule has 0 aliphatic carbocycles. The molecular formula is C50H36N4O2S. The summed E-state index contributed by atoms with van der Waals surface area (Å²) in [4.78, 5) is 20.7. The molecule has 6 nitrogen and oxygen atoms in total. The van der Waals surface area contributed by atoms with Gasteiger partial charge >= 0.3 is 5.97 Å². The van der Waals surface area contributed by atoms with E-state index in [1.165, 1.54) is 22.4 Å². The molecule has 1 aliphatic heterocycles. The van der Waals surface area contributed by atoms with Gasteiger partial charge in [0.05, 0.1) is 17.1 Å². The molecular weight excluding hydrogens is 721 g/mol. The highest BCUT2D eigenvalue weighted by Crippen LogP contribution is 2.51. The Morgan fingerprint density at radius 3 is 1.72 bits per heavy atom. The van der Waals surface area contributed by atoms with Crippen molar-refractivity contribution in [2.45, 2.75) is 11.7 Å². The van der Waals surface area contributed by atoms with Crippen LogP contribution in [0.2, 0.25) is 0 Å². The third-order valence-electron chi connectivity index (χ3n) is 10.3. The molecule has 1 unspecified atom stereocenters. The molecule has 2 N–H and O–H groups in total. The normalized spacial score (nSPS) is 14.0. The predicted molar refractivity (Wildman–Crippen MR) is 236 cm³/mol. The number of nitriles is 1. The Morgan fingerprint density at radius 2 is 1.18 bits per heavy atom. The van der Waals surface area contributed by atoms with Crippen molar-refractivity contribution in [3.8, 4) is 6.07 Å². The number of thioether (sulfide) groups is 1. The number of carboxylic acids is 1. The van der Waals surface area contributed by atoms with Gasteiger partial charge in [-0.1, -0.05) is 115 Å². The summed E-state index contributed by atoms with van der Waals surface area (Å²) in [5.74, 6) is -1.25. The van der Waals surface area contributed by atoms with Crippen LogP contribution < -0.4 is 9.80 Å². The smallest absolute Gasteiger partial charge is 0.346 e. The van der Waals surface area contributed by atoms with Gasteiger partial charge in [0.25, 0.3) is 0 Å². The molecule has 1 atom stereocenters. The van der Waals surface area contributed by atoms with Crippen molar-refractivity contribution in [1.29, 1.82) is 5.26 Å². The standard InChI is InChI=1S/C50H36N4O2S/c51-33-37(50(55)56)29-38-25-26-45(52-38)49-28-27-48(57-49)36-30-41(53(39-17-3-1-4-18-39)46-23-11-15-34-13-7-9-21-43(34)46)32-42(31-36)54(40-19-5-2-6-20-40)47-24-12-16-35-14-8-10-22-44(35)47/h1-26,28-32,48,52H,27H2,(H,55,56)/b37-29-. The second-order valence-electron chi connectivity index (χ2n) is 13.8. The van der Waals surface area contributed by atoms with Crippen molar-refractivity contribution in [3.63, 3.8) is 0 Å². The van der Waals surface area contributed by atoms with E-state index in [2.05, 4.69) is 185 Å². The molecule has 1 aliphatic rings. The van der Waals surface area contributed by atoms with Crippen molar-refractivity contribution in [3.05, 3.63) is 205 Å². The third kappa shape index (κ3) is 7.06. The number of aromatic nitrogens is 1. The molecule has 274 valence electrons. The lowest BCUT2D eigenvalue weighted by molar-refractivity contribution is -0.132. The highest BCUT2D eigenvalue weighted by Gasteiger charge is 2.26. The molecule has 0 saturated heterocycles. The van der Waals surface area contributed by atoms with Crippen molar-refractivity contribution in [2.75, 3.05) is 9.80 Å². The van der Waals surface area contributed by atoms with E-state index >= 15 is 0 Å². The van der Waals surface area contributed by atoms with E-state index in [9.17, 15) is 15.2 Å². The quantitative estimate of drug-likeness (QED) is 0.107. The maximum atomic E-state index is 11.5. The number of carbonyl (C=O) groups is 1. The molecule has 0 bridgehead atoms. The Balaban J connectivity index is 1.22. The summed E-state index contributed by atoms with van der Waals surface area (Å²) in [6.07, 6.45) is 4.41. The third-order valence-corrected chi connectivity index (χ3v) is 11.7. The highest BCUT2D eigenvalue weighted by atomic mass is 32.2. The number of aromatic amines is 1. The molecule has 7 aromatic carbocycles. The van der Waals surface area contributed by atoms with Crippen LogP contribution in [0.5, 0.6) is 0 Å². The van der Waals surface area contributed by atoms with E-state index in [-0.39, 0.29) is 10.8 Å². The van der Waals surface area contributed by atoms with Crippen LogP contribution in [0.15, 0.2) is 188 Å². The van der Waals surface area contributed by atoms with Gasteiger partial charge in [0.1, 0.15) is 11.6 Å². The summed E-state index contributed by atoms with van der Waals surface area (Å²) in [7, 11) is 0. The molecule has 2 heterocycles. The highest BCUT2D eigenvalue weighted by molar-refractivity contribution is 8.08. The first-order valence-electron chi connectivity index (χ1n) is 18.8. The van der Waals surface area contributed by atoms with Crippen LogP contribution in [-0.2, 0) is 4.79 Å². The topological polar surface area (TPSA) is 83.4 Å². The van der Waals surface area contributed by atoms with Gasteiger partial charge in [-0.25, -0.2) is 4.79 Å². The lowest BCUT2D eigenvalue weighted by Gasteiger charge is -2.32. The summed E-state index contributed by atoms with van der Waals surface area (Å²) >= 11 is 1.78. The van der Waals surface area contributed by atoms with Gasteiger partial charge in [-0.05, 0) is 95.6 Å². The Labute approximate surface area is 335 Å². The zero-order valence-electron chi connectivity index (χ0n) is 30.8. The second kappa shape index (κ2) is 15.5. The molecule has 0 radical (unpaired) electrons. The summed E-state index contributed by atoms with van der Waals surface area (Å²) in [5, 5.41) is 23.5. The number of H-pyrrole nitrogens is 1. The molecule has 0 saturated carbocycles. The Morgan fingerprint density at radius 1 is 0.649 bits per heavy atom. The molecule has 7 heteroatoms. The summed E-state index contributed by atoms with van der Waals surface area (Å²) < 4.78 is 0. The number of hydrogen-bond acceptors (Lipinski definition) is 5. The van der Waals surface area contributed by atoms with Gasteiger partial charge in [-0.3, -0.25) is 0 Å². The number of hydrogen-bond donors (Lipinski definition) is 2. The monoisotopic (exact) mass is 756 g/mol. The van der Waals surface area contributed by atoms with Crippen LogP contribution in [0, 0.1) is 11.3 Å². The van der Waals surface area contributed by atoms with Crippen LogP contribution in [0.1, 0.15) is 28.6 Å². The molecule has 0 spiro atoms. The van der Waals surface area contributed by atoms with Crippen LogP contribution in [0.25, 0.3) is 32.5 Å². The van der Waals surface area contributed by atoms with Gasteiger partial charge < -0.3 is 19.9 Å². The average molecular weight is 757 g/mol. The first-order valence-corrected chi connectivity index (χ1v) is 19.6. The van der Waals surface area contributed by atoms with Gasteiger partial charge in [0.2, 0.25) is 0 Å². The largest absolute Gasteiger partial charge is 0.477 e. The SMILES string of the molecule is N#C/C(=C/c1ccc(C2=CCC(c3cc(N(c4ccccc4)c4cccc5ccccc45)cc(N(c4ccccc4)c4cccc5ccccc45)c3)S2)[nH]1)C(=O)O. The van der Waals surface area contributed by atoms with E-state index < -0.39 is 5.97 Å². The van der Waals surface area contributed by atoms with E-state index in [4.69, 9.17) is 0 Å². The number of benzene rings is 7. The van der Waals surface area contributed by atoms with Crippen molar-refractivity contribution < 1.29 is 9.90 Å². The minimum atomic E-state index is -1.25. The fourth-order valence-electron chi connectivity index (χ4n) is 7.66. The second-order valence-corrected chi connectivity index (χ2v) is 15.1. The minimum absolute atomic E-state index is 0.0879. The Hall–Kier alpha value is -7.27. The Bertz CT molecular complexity index is 2720. The molecule has 1 aromatic heterocycles. The zero-order valence-corrected chi connectivity index (χ0v) is 31.6. The van der Waals surface area contributed by atoms with Crippen LogP contribution in [-0.4, -0.2) is 16.1 Å². The number of anilines is 6. The van der Waals surface area contributed by atoms with Crippen molar-refractivity contribution in [1.82, 2.24) is 4.98 Å².